The van der Waals surface area contributed by atoms with Gasteiger partial charge >= 0.3 is 12.0 Å². The summed E-state index contributed by atoms with van der Waals surface area (Å²) in [6, 6.07) is 9.25. The number of para-hydroxylation sites is 1. The van der Waals surface area contributed by atoms with Crippen LogP contribution in [0.5, 0.6) is 0 Å². The molecule has 1 aliphatic rings. The summed E-state index contributed by atoms with van der Waals surface area (Å²) in [4.78, 5) is 102. The van der Waals surface area contributed by atoms with Gasteiger partial charge in [0, 0.05) is 43.5 Å². The maximum atomic E-state index is 14.7. The van der Waals surface area contributed by atoms with Crippen molar-refractivity contribution in [2.75, 3.05) is 13.6 Å². The van der Waals surface area contributed by atoms with Crippen LogP contribution in [0.2, 0.25) is 0 Å². The molecule has 8 atom stereocenters. The summed E-state index contributed by atoms with van der Waals surface area (Å²) < 4.78 is 0. The number of nitrogens with zero attached hydrogens (tertiary/aromatic N) is 1. The van der Waals surface area contributed by atoms with Gasteiger partial charge in [-0.2, -0.15) is 0 Å². The molecule has 0 spiro atoms. The minimum Gasteiger partial charge on any atom is -0.480 e. The average molecular weight is 859 g/mol. The number of aliphatic carboxylic acids is 1. The van der Waals surface area contributed by atoms with Crippen LogP contribution in [-0.2, 0) is 41.6 Å². The quantitative estimate of drug-likeness (QED) is 0.126. The second kappa shape index (κ2) is 23.3. The molecule has 0 aliphatic carbocycles. The maximum Gasteiger partial charge on any atom is 0.326 e. The van der Waals surface area contributed by atoms with Crippen molar-refractivity contribution in [2.24, 2.45) is 17.8 Å². The lowest BCUT2D eigenvalue weighted by molar-refractivity contribution is -0.143. The number of likely N-dealkylation sites (N-methyl/N-ethyl adjacent to an activating group) is 1. The van der Waals surface area contributed by atoms with Crippen molar-refractivity contribution in [2.45, 2.75) is 129 Å². The number of carbonyl (C=O) groups excluding carboxylic acids is 6. The van der Waals surface area contributed by atoms with Gasteiger partial charge in [0.1, 0.15) is 36.3 Å². The van der Waals surface area contributed by atoms with E-state index in [1.807, 2.05) is 75.4 Å². The topological polar surface area (TPSA) is 231 Å². The van der Waals surface area contributed by atoms with E-state index in [1.165, 1.54) is 11.9 Å². The molecule has 4 rings (SSSR count). The summed E-state index contributed by atoms with van der Waals surface area (Å²) in [5, 5.41) is 27.4. The zero-order valence-corrected chi connectivity index (χ0v) is 37.1. The highest BCUT2D eigenvalue weighted by Gasteiger charge is 2.38. The number of aromatic amines is 1. The van der Waals surface area contributed by atoms with Gasteiger partial charge in [0.2, 0.25) is 29.5 Å². The van der Waals surface area contributed by atoms with E-state index in [2.05, 4.69) is 36.9 Å². The molecule has 62 heavy (non-hydrogen) atoms. The standard InChI is InChI=1S/C46H66N8O8/c1-8-28(5)38-43(58)50-36(23-27(3)4)44(59)54(7)37(25-31-26-48-33-20-14-13-19-32(31)33)42(57)49-35(24-30-17-11-10-12-18-30)40(55)47-22-16-15-21-34(41(56)52-38)51-46(62)53-39(45(60)61)29(6)9-2/h10-14,17-20,26-29,34-39,48H,8-9,15-16,21-25H2,1-7H3,(H,47,55)(H,49,57)(H,50,58)(H,52,56)(H,60,61)(H2,51,53,62)/t28-,29-,34-,35-,36-,37-,38-,39-/m0/s1. The summed E-state index contributed by atoms with van der Waals surface area (Å²) >= 11 is 0. The molecule has 16 nitrogen and oxygen atoms in total. The highest BCUT2D eigenvalue weighted by Crippen LogP contribution is 2.22. The van der Waals surface area contributed by atoms with Gasteiger partial charge in [0.15, 0.2) is 0 Å². The first kappa shape index (κ1) is 48.7. The molecular formula is C46H66N8O8. The Hall–Kier alpha value is -5.93. The molecule has 7 amide bonds. The predicted molar refractivity (Wildman–Crippen MR) is 237 cm³/mol. The first-order chi connectivity index (χ1) is 29.5. The number of nitrogens with one attached hydrogen (secondary N) is 7. The molecule has 0 radical (unpaired) electrons. The first-order valence-electron chi connectivity index (χ1n) is 21.9. The highest BCUT2D eigenvalue weighted by atomic mass is 16.4. The van der Waals surface area contributed by atoms with Crippen LogP contribution in [0.25, 0.3) is 10.9 Å². The lowest BCUT2D eigenvalue weighted by Gasteiger charge is -2.33. The Labute approximate surface area is 364 Å². The predicted octanol–water partition coefficient (Wildman–Crippen LogP) is 3.79. The summed E-state index contributed by atoms with van der Waals surface area (Å²) in [6.07, 6.45) is 4.03. The molecule has 0 saturated carbocycles. The molecule has 2 heterocycles. The van der Waals surface area contributed by atoms with Crippen molar-refractivity contribution in [3.63, 3.8) is 0 Å². The van der Waals surface area contributed by atoms with Crippen molar-refractivity contribution in [1.82, 2.24) is 41.8 Å². The number of urea groups is 1. The number of hydrogen-bond donors (Lipinski definition) is 8. The molecule has 16 heteroatoms. The van der Waals surface area contributed by atoms with Crippen molar-refractivity contribution in [3.05, 3.63) is 71.9 Å². The molecule has 1 fully saturated rings. The Balaban J connectivity index is 1.75. The summed E-state index contributed by atoms with van der Waals surface area (Å²) in [5.41, 5.74) is 2.43. The molecule has 2 aromatic carbocycles. The van der Waals surface area contributed by atoms with Crippen LogP contribution in [0.4, 0.5) is 4.79 Å². The third kappa shape index (κ3) is 13.5. The van der Waals surface area contributed by atoms with Crippen LogP contribution in [0.3, 0.4) is 0 Å². The molecule has 8 N–H and O–H groups in total. The zero-order valence-electron chi connectivity index (χ0n) is 37.1. The van der Waals surface area contributed by atoms with E-state index in [1.54, 1.807) is 27.0 Å². The highest BCUT2D eigenvalue weighted by molar-refractivity contribution is 5.97. The van der Waals surface area contributed by atoms with Crippen molar-refractivity contribution in [1.29, 1.82) is 0 Å². The van der Waals surface area contributed by atoms with E-state index >= 15 is 0 Å². The van der Waals surface area contributed by atoms with Gasteiger partial charge in [-0.3, -0.25) is 24.0 Å². The van der Waals surface area contributed by atoms with E-state index in [4.69, 9.17) is 0 Å². The fourth-order valence-electron chi connectivity index (χ4n) is 7.65. The maximum absolute atomic E-state index is 14.7. The van der Waals surface area contributed by atoms with Gasteiger partial charge in [-0.05, 0) is 60.6 Å². The van der Waals surface area contributed by atoms with E-state index in [-0.39, 0.29) is 38.1 Å². The Morgan fingerprint density at radius 3 is 2.15 bits per heavy atom. The first-order valence-corrected chi connectivity index (χ1v) is 21.9. The Morgan fingerprint density at radius 2 is 1.48 bits per heavy atom. The van der Waals surface area contributed by atoms with Crippen molar-refractivity contribution >= 4 is 52.4 Å². The number of carboxylic acids is 1. The fourth-order valence-corrected chi connectivity index (χ4v) is 7.65. The number of carboxylic acid groups (broad SMARTS) is 1. The second-order valence-electron chi connectivity index (χ2n) is 17.0. The van der Waals surface area contributed by atoms with E-state index in [0.717, 1.165) is 22.0 Å². The minimum absolute atomic E-state index is 0.0760. The van der Waals surface area contributed by atoms with Gasteiger partial charge in [-0.1, -0.05) is 103 Å². The Kier molecular flexibility index (Phi) is 18.3. The number of H-pyrrole nitrogens is 1. The number of benzene rings is 2. The minimum atomic E-state index is -1.22. The van der Waals surface area contributed by atoms with E-state index < -0.39 is 89.6 Å². The van der Waals surface area contributed by atoms with Gasteiger partial charge in [-0.25, -0.2) is 9.59 Å². The monoisotopic (exact) mass is 859 g/mol. The number of hydrogen-bond acceptors (Lipinski definition) is 7. The summed E-state index contributed by atoms with van der Waals surface area (Å²) in [5.74, 6) is -4.91. The smallest absolute Gasteiger partial charge is 0.326 e. The van der Waals surface area contributed by atoms with Crippen molar-refractivity contribution < 1.29 is 38.7 Å². The molecule has 0 bridgehead atoms. The number of rotatable bonds is 13. The van der Waals surface area contributed by atoms with Crippen LogP contribution in [0.1, 0.15) is 91.2 Å². The van der Waals surface area contributed by atoms with Crippen LogP contribution in [0, 0.1) is 17.8 Å². The molecule has 1 aromatic heterocycles. The van der Waals surface area contributed by atoms with E-state index in [9.17, 15) is 38.7 Å². The number of carbonyl (C=O) groups is 7. The molecule has 1 aliphatic heterocycles. The van der Waals surface area contributed by atoms with Crippen LogP contribution >= 0.6 is 0 Å². The molecule has 0 unspecified atom stereocenters. The third-order valence-electron chi connectivity index (χ3n) is 11.8. The Bertz CT molecular complexity index is 2000. The zero-order chi connectivity index (χ0) is 45.5. The summed E-state index contributed by atoms with van der Waals surface area (Å²) in [6.45, 7) is 11.1. The summed E-state index contributed by atoms with van der Waals surface area (Å²) in [7, 11) is 1.51. The van der Waals surface area contributed by atoms with Crippen LogP contribution in [-0.4, -0.2) is 106 Å². The SMILES string of the molecule is CC[C@H](C)[C@H](NC(=O)N[C@H]1CCCCNC(=O)[C@H](Cc2ccccc2)NC(=O)[C@H](Cc2c[nH]c3ccccc23)N(C)C(=O)[C@H](CC(C)C)NC(=O)[C@H]([C@@H](C)CC)NC1=O)C(=O)O. The lowest BCUT2D eigenvalue weighted by atomic mass is 9.95. The molecule has 338 valence electrons. The van der Waals surface area contributed by atoms with Gasteiger partial charge < -0.3 is 46.9 Å². The number of fused-ring (bicyclic) bond motifs is 1. The van der Waals surface area contributed by atoms with Gasteiger partial charge in [0.05, 0.1) is 0 Å². The largest absolute Gasteiger partial charge is 0.480 e. The number of amides is 7. The van der Waals surface area contributed by atoms with Gasteiger partial charge in [0.25, 0.3) is 0 Å². The average Bonchev–Trinajstić information content (AvgIpc) is 3.66. The lowest BCUT2D eigenvalue weighted by Crippen LogP contribution is -2.61. The molecule has 3 aromatic rings. The number of aromatic nitrogens is 1. The fraction of sp³-hybridized carbons (Fsp3) is 0.543. The Morgan fingerprint density at radius 1 is 0.806 bits per heavy atom. The van der Waals surface area contributed by atoms with Crippen LogP contribution < -0.4 is 31.9 Å². The van der Waals surface area contributed by atoms with Crippen molar-refractivity contribution in [3.8, 4) is 0 Å². The normalized spacial score (nSPS) is 22.8. The van der Waals surface area contributed by atoms with Crippen LogP contribution in [0.15, 0.2) is 60.8 Å². The molecular weight excluding hydrogens is 793 g/mol. The van der Waals surface area contributed by atoms with Gasteiger partial charge in [-0.15, -0.1) is 0 Å². The second-order valence-corrected chi connectivity index (χ2v) is 17.0. The molecule has 1 saturated heterocycles. The third-order valence-corrected chi connectivity index (χ3v) is 11.8. The van der Waals surface area contributed by atoms with E-state index in [0.29, 0.717) is 25.7 Å².